The molecule has 0 amide bonds. The monoisotopic (exact) mass is 244 g/mol. The van der Waals surface area contributed by atoms with E-state index in [0.29, 0.717) is 6.04 Å². The molecule has 72 valence electrons. The van der Waals surface area contributed by atoms with Crippen LogP contribution in [0.5, 0.6) is 0 Å². The smallest absolute Gasteiger partial charge is 0.131 e. The first kappa shape index (κ1) is 9.24. The van der Waals surface area contributed by atoms with E-state index in [4.69, 9.17) is 4.42 Å². The van der Waals surface area contributed by atoms with Gasteiger partial charge in [0, 0.05) is 19.1 Å². The molecule has 2 heterocycles. The second-order valence-corrected chi connectivity index (χ2v) is 4.27. The van der Waals surface area contributed by atoms with Crippen molar-refractivity contribution in [1.82, 2.24) is 10.2 Å². The van der Waals surface area contributed by atoms with Crippen molar-refractivity contribution in [3.8, 4) is 0 Å². The molecule has 4 heteroatoms. The molecule has 0 radical (unpaired) electrons. The fourth-order valence-corrected chi connectivity index (χ4v) is 1.71. The maximum absolute atomic E-state index is 5.34. The van der Waals surface area contributed by atoms with Gasteiger partial charge < -0.3 is 9.73 Å². The molecule has 1 aliphatic heterocycles. The molecule has 2 rings (SSSR count). The van der Waals surface area contributed by atoms with Gasteiger partial charge in [-0.15, -0.1) is 0 Å². The summed E-state index contributed by atoms with van der Waals surface area (Å²) in [6.07, 6.45) is 1.71. The molecule has 0 spiro atoms. The SMILES string of the molecule is CN(Cc1occc1Br)C1CNC1. The average Bonchev–Trinajstić information content (AvgIpc) is 2.32. The molecule has 13 heavy (non-hydrogen) atoms. The first-order chi connectivity index (χ1) is 6.27. The number of hydrogen-bond acceptors (Lipinski definition) is 3. The van der Waals surface area contributed by atoms with E-state index in [1.165, 1.54) is 0 Å². The van der Waals surface area contributed by atoms with Crippen molar-refractivity contribution in [2.45, 2.75) is 12.6 Å². The van der Waals surface area contributed by atoms with Crippen molar-refractivity contribution in [2.24, 2.45) is 0 Å². The van der Waals surface area contributed by atoms with Crippen molar-refractivity contribution >= 4 is 15.9 Å². The Hall–Kier alpha value is -0.320. The molecule has 1 aromatic heterocycles. The standard InChI is InChI=1S/C9H13BrN2O/c1-12(7-4-11-5-7)6-9-8(10)2-3-13-9/h2-3,7,11H,4-6H2,1H3. The highest BCUT2D eigenvalue weighted by molar-refractivity contribution is 9.10. The summed E-state index contributed by atoms with van der Waals surface area (Å²) >= 11 is 3.45. The van der Waals surface area contributed by atoms with Crippen molar-refractivity contribution in [1.29, 1.82) is 0 Å². The van der Waals surface area contributed by atoms with Gasteiger partial charge in [-0.1, -0.05) is 0 Å². The van der Waals surface area contributed by atoms with Crippen LogP contribution in [-0.2, 0) is 6.54 Å². The second-order valence-electron chi connectivity index (χ2n) is 3.42. The predicted octanol–water partition coefficient (Wildman–Crippen LogP) is 1.45. The van der Waals surface area contributed by atoms with Crippen LogP contribution in [0, 0.1) is 0 Å². The van der Waals surface area contributed by atoms with Gasteiger partial charge >= 0.3 is 0 Å². The largest absolute Gasteiger partial charge is 0.467 e. The van der Waals surface area contributed by atoms with Gasteiger partial charge in [0.2, 0.25) is 0 Å². The van der Waals surface area contributed by atoms with Crippen molar-refractivity contribution < 1.29 is 4.42 Å². The number of rotatable bonds is 3. The van der Waals surface area contributed by atoms with Crippen molar-refractivity contribution in [3.63, 3.8) is 0 Å². The Morgan fingerprint density at radius 3 is 2.92 bits per heavy atom. The Morgan fingerprint density at radius 2 is 2.46 bits per heavy atom. The molecule has 0 saturated carbocycles. The third-order valence-electron chi connectivity index (χ3n) is 2.47. The van der Waals surface area contributed by atoms with Gasteiger partial charge in [0.1, 0.15) is 5.76 Å². The topological polar surface area (TPSA) is 28.4 Å². The van der Waals surface area contributed by atoms with Gasteiger partial charge in [-0.05, 0) is 29.0 Å². The van der Waals surface area contributed by atoms with Gasteiger partial charge in [0.05, 0.1) is 17.3 Å². The summed E-state index contributed by atoms with van der Waals surface area (Å²) in [4.78, 5) is 2.31. The van der Waals surface area contributed by atoms with E-state index in [0.717, 1.165) is 29.9 Å². The highest BCUT2D eigenvalue weighted by Crippen LogP contribution is 2.20. The number of hydrogen-bond donors (Lipinski definition) is 1. The molecular weight excluding hydrogens is 232 g/mol. The summed E-state index contributed by atoms with van der Waals surface area (Å²) in [6.45, 7) is 3.06. The molecular formula is C9H13BrN2O. The van der Waals surface area contributed by atoms with Crippen LogP contribution in [0.4, 0.5) is 0 Å². The van der Waals surface area contributed by atoms with Gasteiger partial charge in [-0.25, -0.2) is 0 Å². The second kappa shape index (κ2) is 3.82. The zero-order valence-electron chi connectivity index (χ0n) is 7.59. The molecule has 0 atom stereocenters. The van der Waals surface area contributed by atoms with Gasteiger partial charge in [-0.3, -0.25) is 4.90 Å². The predicted molar refractivity (Wildman–Crippen MR) is 54.5 cm³/mol. The fraction of sp³-hybridized carbons (Fsp3) is 0.556. The average molecular weight is 245 g/mol. The number of halogens is 1. The third kappa shape index (κ3) is 1.95. The normalized spacial score (nSPS) is 17.8. The van der Waals surface area contributed by atoms with Crippen LogP contribution >= 0.6 is 15.9 Å². The molecule has 0 aliphatic carbocycles. The van der Waals surface area contributed by atoms with Gasteiger partial charge in [-0.2, -0.15) is 0 Å². The zero-order chi connectivity index (χ0) is 9.26. The van der Waals surface area contributed by atoms with Gasteiger partial charge in [0.25, 0.3) is 0 Å². The van der Waals surface area contributed by atoms with Crippen LogP contribution in [0.3, 0.4) is 0 Å². The number of nitrogens with zero attached hydrogens (tertiary/aromatic N) is 1. The number of nitrogens with one attached hydrogen (secondary N) is 1. The van der Waals surface area contributed by atoms with E-state index >= 15 is 0 Å². The first-order valence-corrected chi connectivity index (χ1v) is 5.19. The lowest BCUT2D eigenvalue weighted by atomic mass is 10.1. The van der Waals surface area contributed by atoms with Crippen molar-refractivity contribution in [2.75, 3.05) is 20.1 Å². The molecule has 0 bridgehead atoms. The molecule has 1 aromatic rings. The summed E-state index contributed by atoms with van der Waals surface area (Å²) in [5.41, 5.74) is 0. The van der Waals surface area contributed by atoms with Crippen LogP contribution in [0.2, 0.25) is 0 Å². The molecule has 1 fully saturated rings. The van der Waals surface area contributed by atoms with E-state index in [1.54, 1.807) is 6.26 Å². The maximum Gasteiger partial charge on any atom is 0.131 e. The zero-order valence-corrected chi connectivity index (χ0v) is 9.17. The third-order valence-corrected chi connectivity index (χ3v) is 3.17. The minimum Gasteiger partial charge on any atom is -0.467 e. The molecule has 0 aromatic carbocycles. The van der Waals surface area contributed by atoms with Gasteiger partial charge in [0.15, 0.2) is 0 Å². The highest BCUT2D eigenvalue weighted by Gasteiger charge is 2.22. The molecule has 0 unspecified atom stereocenters. The van der Waals surface area contributed by atoms with Crippen LogP contribution in [0.25, 0.3) is 0 Å². The van der Waals surface area contributed by atoms with Crippen LogP contribution < -0.4 is 5.32 Å². The van der Waals surface area contributed by atoms with E-state index in [2.05, 4.69) is 33.2 Å². The minimum atomic E-state index is 0.664. The Morgan fingerprint density at radius 1 is 1.69 bits per heavy atom. The summed E-state index contributed by atoms with van der Waals surface area (Å²) in [5, 5.41) is 3.25. The van der Waals surface area contributed by atoms with Crippen LogP contribution in [-0.4, -0.2) is 31.1 Å². The fourth-order valence-electron chi connectivity index (χ4n) is 1.38. The van der Waals surface area contributed by atoms with Crippen molar-refractivity contribution in [3.05, 3.63) is 22.6 Å². The quantitative estimate of drug-likeness (QED) is 0.873. The first-order valence-electron chi connectivity index (χ1n) is 4.40. The summed E-state index contributed by atoms with van der Waals surface area (Å²) in [5.74, 6) is 1.01. The highest BCUT2D eigenvalue weighted by atomic mass is 79.9. The lowest BCUT2D eigenvalue weighted by Crippen LogP contribution is -2.55. The summed E-state index contributed by atoms with van der Waals surface area (Å²) in [7, 11) is 2.13. The number of furan rings is 1. The lowest BCUT2D eigenvalue weighted by molar-refractivity contribution is 0.162. The van der Waals surface area contributed by atoms with E-state index in [1.807, 2.05) is 6.07 Å². The molecule has 1 aliphatic rings. The molecule has 1 saturated heterocycles. The Balaban J connectivity index is 1.93. The maximum atomic E-state index is 5.34. The van der Waals surface area contributed by atoms with Crippen LogP contribution in [0.1, 0.15) is 5.76 Å². The van der Waals surface area contributed by atoms with E-state index in [-0.39, 0.29) is 0 Å². The summed E-state index contributed by atoms with van der Waals surface area (Å²) < 4.78 is 6.41. The van der Waals surface area contributed by atoms with E-state index < -0.39 is 0 Å². The Labute approximate surface area is 86.2 Å². The molecule has 3 nitrogen and oxygen atoms in total. The number of likely N-dealkylation sites (N-methyl/N-ethyl adjacent to an activating group) is 1. The van der Waals surface area contributed by atoms with E-state index in [9.17, 15) is 0 Å². The Bertz CT molecular complexity index is 283. The van der Waals surface area contributed by atoms with Crippen LogP contribution in [0.15, 0.2) is 21.2 Å². The molecule has 1 N–H and O–H groups in total. The lowest BCUT2D eigenvalue weighted by Gasteiger charge is -2.35. The minimum absolute atomic E-state index is 0.664. The Kier molecular flexibility index (Phi) is 2.71. The summed E-state index contributed by atoms with van der Waals surface area (Å²) in [6, 6.07) is 2.60.